The molecule has 0 unspecified atom stereocenters. The number of rotatable bonds is 3. The fraction of sp³-hybridized carbons (Fsp3) is 0.462. The molecule has 1 fully saturated rings. The molecule has 1 aromatic rings. The zero-order valence-corrected chi connectivity index (χ0v) is 12.4. The number of halogens is 2. The van der Waals surface area contributed by atoms with E-state index in [0.29, 0.717) is 11.6 Å². The minimum atomic E-state index is -0.383. The van der Waals surface area contributed by atoms with Crippen LogP contribution in [0.15, 0.2) is 22.7 Å². The van der Waals surface area contributed by atoms with Gasteiger partial charge in [0.05, 0.1) is 10.4 Å². The molecule has 0 atom stereocenters. The van der Waals surface area contributed by atoms with E-state index < -0.39 is 0 Å². The Balaban J connectivity index is 2.13. The Morgan fingerprint density at radius 1 is 1.44 bits per heavy atom. The average Bonchev–Trinajstić information content (AvgIpc) is 2.84. The molecule has 1 amide bonds. The number of benzene rings is 1. The normalized spacial score (nSPS) is 17.7. The summed E-state index contributed by atoms with van der Waals surface area (Å²) in [7, 11) is 0. The highest BCUT2D eigenvalue weighted by Gasteiger charge is 2.39. The van der Waals surface area contributed by atoms with Gasteiger partial charge < -0.3 is 11.1 Å². The quantitative estimate of drug-likeness (QED) is 0.890. The highest BCUT2D eigenvalue weighted by atomic mass is 79.9. The van der Waals surface area contributed by atoms with Crippen LogP contribution in [0.5, 0.6) is 0 Å². The number of nitrogens with one attached hydrogen (secondary N) is 1. The van der Waals surface area contributed by atoms with Crippen molar-refractivity contribution in [2.24, 2.45) is 11.1 Å². The largest absolute Gasteiger partial charge is 0.329 e. The fourth-order valence-corrected chi connectivity index (χ4v) is 2.91. The Morgan fingerprint density at radius 2 is 2.11 bits per heavy atom. The summed E-state index contributed by atoms with van der Waals surface area (Å²) in [6.45, 7) is 0.410. The monoisotopic (exact) mass is 330 g/mol. The van der Waals surface area contributed by atoms with Gasteiger partial charge in [-0.2, -0.15) is 0 Å². The molecule has 0 heterocycles. The average molecular weight is 332 g/mol. The zero-order chi connectivity index (χ0) is 13.2. The van der Waals surface area contributed by atoms with Gasteiger partial charge in [0.1, 0.15) is 0 Å². The smallest absolute Gasteiger partial charge is 0.231 e. The lowest BCUT2D eigenvalue weighted by Gasteiger charge is -2.25. The van der Waals surface area contributed by atoms with Gasteiger partial charge in [-0.15, -0.1) is 0 Å². The Morgan fingerprint density at radius 3 is 2.67 bits per heavy atom. The summed E-state index contributed by atoms with van der Waals surface area (Å²) >= 11 is 9.26. The van der Waals surface area contributed by atoms with Crippen LogP contribution in [0.2, 0.25) is 5.02 Å². The van der Waals surface area contributed by atoms with E-state index in [-0.39, 0.29) is 11.3 Å². The second-order valence-electron chi connectivity index (χ2n) is 4.77. The molecule has 18 heavy (non-hydrogen) atoms. The predicted molar refractivity (Wildman–Crippen MR) is 77.7 cm³/mol. The maximum absolute atomic E-state index is 12.3. The van der Waals surface area contributed by atoms with E-state index in [4.69, 9.17) is 17.3 Å². The molecule has 0 aliphatic heterocycles. The first-order chi connectivity index (χ1) is 8.57. The lowest BCUT2D eigenvalue weighted by atomic mass is 9.85. The molecule has 98 valence electrons. The summed E-state index contributed by atoms with van der Waals surface area (Å²) < 4.78 is 0.773. The van der Waals surface area contributed by atoms with Crippen LogP contribution < -0.4 is 11.1 Å². The highest BCUT2D eigenvalue weighted by molar-refractivity contribution is 9.10. The molecule has 1 aliphatic rings. The first-order valence-electron chi connectivity index (χ1n) is 6.04. The molecule has 3 N–H and O–H groups in total. The molecule has 0 spiro atoms. The van der Waals surface area contributed by atoms with Crippen LogP contribution in [0.3, 0.4) is 0 Å². The fourth-order valence-electron chi connectivity index (χ4n) is 2.41. The lowest BCUT2D eigenvalue weighted by Crippen LogP contribution is -2.40. The van der Waals surface area contributed by atoms with E-state index >= 15 is 0 Å². The minimum absolute atomic E-state index is 0.0247. The van der Waals surface area contributed by atoms with Gasteiger partial charge in [0.2, 0.25) is 5.91 Å². The molecule has 1 aliphatic carbocycles. The maximum atomic E-state index is 12.3. The second-order valence-corrected chi connectivity index (χ2v) is 6.04. The third-order valence-electron chi connectivity index (χ3n) is 3.61. The molecule has 0 aromatic heterocycles. The van der Waals surface area contributed by atoms with Crippen LogP contribution in [-0.2, 0) is 4.79 Å². The van der Waals surface area contributed by atoms with E-state index in [1.807, 2.05) is 0 Å². The van der Waals surface area contributed by atoms with E-state index in [0.717, 1.165) is 35.8 Å². The first-order valence-corrected chi connectivity index (χ1v) is 7.21. The summed E-state index contributed by atoms with van der Waals surface area (Å²) in [5.74, 6) is 0.0247. The van der Waals surface area contributed by atoms with Gasteiger partial charge >= 0.3 is 0 Å². The Bertz CT molecular complexity index is 458. The van der Waals surface area contributed by atoms with Crippen molar-refractivity contribution >= 4 is 39.1 Å². The number of amides is 1. The summed E-state index contributed by atoms with van der Waals surface area (Å²) in [4.78, 5) is 12.3. The van der Waals surface area contributed by atoms with E-state index in [9.17, 15) is 4.79 Å². The summed E-state index contributed by atoms with van der Waals surface area (Å²) in [5, 5.41) is 3.56. The number of hydrogen-bond acceptors (Lipinski definition) is 2. The van der Waals surface area contributed by atoms with Crippen LogP contribution in [0, 0.1) is 5.41 Å². The van der Waals surface area contributed by atoms with Crippen molar-refractivity contribution < 1.29 is 4.79 Å². The topological polar surface area (TPSA) is 55.1 Å². The van der Waals surface area contributed by atoms with Gasteiger partial charge in [0.25, 0.3) is 0 Å². The van der Waals surface area contributed by atoms with Crippen LogP contribution in [0.25, 0.3) is 0 Å². The minimum Gasteiger partial charge on any atom is -0.329 e. The lowest BCUT2D eigenvalue weighted by molar-refractivity contribution is -0.124. The van der Waals surface area contributed by atoms with Crippen molar-refractivity contribution in [2.75, 3.05) is 11.9 Å². The molecule has 3 nitrogen and oxygen atoms in total. The summed E-state index contributed by atoms with van der Waals surface area (Å²) in [6.07, 6.45) is 3.91. The maximum Gasteiger partial charge on any atom is 0.231 e. The molecule has 1 aromatic carbocycles. The van der Waals surface area contributed by atoms with Crippen LogP contribution in [0.4, 0.5) is 5.69 Å². The number of hydrogen-bond donors (Lipinski definition) is 2. The molecule has 1 saturated carbocycles. The summed E-state index contributed by atoms with van der Waals surface area (Å²) in [6, 6.07) is 5.36. The SMILES string of the molecule is NCC1(C(=O)Nc2ccc(Cl)c(Br)c2)CCCC1. The zero-order valence-electron chi connectivity index (χ0n) is 10.0. The first kappa shape index (κ1) is 13.8. The van der Waals surface area contributed by atoms with Crippen molar-refractivity contribution in [3.63, 3.8) is 0 Å². The third-order valence-corrected chi connectivity index (χ3v) is 4.82. The third kappa shape index (κ3) is 2.71. The Hall–Kier alpha value is -0.580. The summed E-state index contributed by atoms with van der Waals surface area (Å²) in [5.41, 5.74) is 6.15. The second kappa shape index (κ2) is 5.59. The van der Waals surface area contributed by atoms with Crippen molar-refractivity contribution in [1.82, 2.24) is 0 Å². The molecular weight excluding hydrogens is 316 g/mol. The molecule has 0 radical (unpaired) electrons. The molecule has 0 saturated heterocycles. The van der Waals surface area contributed by atoms with E-state index in [2.05, 4.69) is 21.2 Å². The van der Waals surface area contributed by atoms with Crippen molar-refractivity contribution in [3.8, 4) is 0 Å². The van der Waals surface area contributed by atoms with Gasteiger partial charge in [-0.3, -0.25) is 4.79 Å². The number of anilines is 1. The Kier molecular flexibility index (Phi) is 4.30. The molecular formula is C13H16BrClN2O. The molecule has 2 rings (SSSR count). The van der Waals surface area contributed by atoms with Crippen molar-refractivity contribution in [3.05, 3.63) is 27.7 Å². The molecule has 0 bridgehead atoms. The van der Waals surface area contributed by atoms with Crippen LogP contribution in [0.1, 0.15) is 25.7 Å². The van der Waals surface area contributed by atoms with Gasteiger partial charge in [0.15, 0.2) is 0 Å². The predicted octanol–water partition coefficient (Wildman–Crippen LogP) is 3.56. The number of carbonyl (C=O) groups excluding carboxylic acids is 1. The molecule has 5 heteroatoms. The van der Waals surface area contributed by atoms with Crippen LogP contribution in [-0.4, -0.2) is 12.5 Å². The number of nitrogens with two attached hydrogens (primary N) is 1. The van der Waals surface area contributed by atoms with E-state index in [1.54, 1.807) is 18.2 Å². The van der Waals surface area contributed by atoms with Gasteiger partial charge in [-0.25, -0.2) is 0 Å². The highest BCUT2D eigenvalue weighted by Crippen LogP contribution is 2.38. The van der Waals surface area contributed by atoms with Crippen LogP contribution >= 0.6 is 27.5 Å². The van der Waals surface area contributed by atoms with Crippen molar-refractivity contribution in [2.45, 2.75) is 25.7 Å². The van der Waals surface area contributed by atoms with Gasteiger partial charge in [0, 0.05) is 16.7 Å². The van der Waals surface area contributed by atoms with Crippen molar-refractivity contribution in [1.29, 1.82) is 0 Å². The standard InChI is InChI=1S/C13H16BrClN2O/c14-10-7-9(3-4-11(10)15)17-12(18)13(8-16)5-1-2-6-13/h3-4,7H,1-2,5-6,8,16H2,(H,17,18). The van der Waals surface area contributed by atoms with E-state index in [1.165, 1.54) is 0 Å². The van der Waals surface area contributed by atoms with Gasteiger partial charge in [-0.05, 0) is 47.0 Å². The Labute approximate surface area is 120 Å². The van der Waals surface area contributed by atoms with Gasteiger partial charge in [-0.1, -0.05) is 24.4 Å². The number of carbonyl (C=O) groups is 1.